The van der Waals surface area contributed by atoms with Crippen LogP contribution >= 0.6 is 0 Å². The van der Waals surface area contributed by atoms with Gasteiger partial charge >= 0.3 is 11.3 Å². The molecule has 8 rings (SSSR count). The Hall–Kier alpha value is -7.10. The van der Waals surface area contributed by atoms with Crippen molar-refractivity contribution in [1.82, 2.24) is 20.1 Å². The lowest BCUT2D eigenvalue weighted by atomic mass is 10.1. The van der Waals surface area contributed by atoms with Crippen LogP contribution in [0, 0.1) is 0 Å². The zero-order valence-electron chi connectivity index (χ0n) is 36.0. The summed E-state index contributed by atoms with van der Waals surface area (Å²) in [5, 5.41) is 7.32. The first kappa shape index (κ1) is 43.5. The van der Waals surface area contributed by atoms with E-state index in [1.165, 1.54) is 12.3 Å². The van der Waals surface area contributed by atoms with Crippen LogP contribution < -0.4 is 26.2 Å². The molecule has 0 saturated carbocycles. The van der Waals surface area contributed by atoms with Gasteiger partial charge in [-0.05, 0) is 89.3 Å². The molecule has 15 nitrogen and oxygen atoms in total. The number of nitrogens with zero attached hydrogens (tertiary/aromatic N) is 4. The third-order valence-electron chi connectivity index (χ3n) is 11.2. The lowest BCUT2D eigenvalue weighted by molar-refractivity contribution is 0.0356. The number of hydrogen-bond donors (Lipinski definition) is 1. The number of rotatable bonds is 16. The zero-order valence-corrected chi connectivity index (χ0v) is 36.0. The second kappa shape index (κ2) is 19.5. The van der Waals surface area contributed by atoms with Gasteiger partial charge in [0.25, 0.3) is 17.7 Å². The van der Waals surface area contributed by atoms with Crippen molar-refractivity contribution in [3.8, 4) is 5.75 Å². The maximum Gasteiger partial charge on any atom is 0.349 e. The summed E-state index contributed by atoms with van der Waals surface area (Å²) in [4.78, 5) is 75.7. The van der Waals surface area contributed by atoms with Crippen LogP contribution in [-0.2, 0) is 16.0 Å². The van der Waals surface area contributed by atoms with E-state index in [-0.39, 0.29) is 49.8 Å². The van der Waals surface area contributed by atoms with E-state index in [2.05, 4.69) is 17.2 Å². The van der Waals surface area contributed by atoms with Crippen molar-refractivity contribution in [2.24, 2.45) is 0 Å². The van der Waals surface area contributed by atoms with Crippen molar-refractivity contribution in [3.05, 3.63) is 134 Å². The van der Waals surface area contributed by atoms with Gasteiger partial charge in [0.1, 0.15) is 34.6 Å². The summed E-state index contributed by atoms with van der Waals surface area (Å²) < 4.78 is 28.2. The molecule has 1 saturated heterocycles. The minimum absolute atomic E-state index is 0.0120. The molecule has 0 spiro atoms. The molecular weight excluding hydrogens is 819 g/mol. The lowest BCUT2D eigenvalue weighted by Gasteiger charge is -2.34. The highest BCUT2D eigenvalue weighted by molar-refractivity contribution is 6.06. The molecule has 0 bridgehead atoms. The molecule has 3 aromatic heterocycles. The number of ether oxygens (including phenoxy) is 3. The quantitative estimate of drug-likeness (QED) is 0.0491. The first-order chi connectivity index (χ1) is 31.1. The Kier molecular flexibility index (Phi) is 13.3. The molecule has 0 unspecified atom stereocenters. The van der Waals surface area contributed by atoms with Gasteiger partial charge in [0.15, 0.2) is 0 Å². The topological polar surface area (TPSA) is 174 Å². The number of piperazine rings is 1. The van der Waals surface area contributed by atoms with Crippen molar-refractivity contribution in [2.75, 3.05) is 78.2 Å². The predicted octanol–water partition coefficient (Wildman–Crippen LogP) is 6.41. The van der Waals surface area contributed by atoms with Crippen LogP contribution in [-0.4, -0.2) is 106 Å². The van der Waals surface area contributed by atoms with E-state index in [0.29, 0.717) is 70.8 Å². The van der Waals surface area contributed by atoms with Crippen LogP contribution in [0.5, 0.6) is 5.75 Å². The van der Waals surface area contributed by atoms with Crippen LogP contribution in [0.3, 0.4) is 0 Å². The van der Waals surface area contributed by atoms with E-state index >= 15 is 0 Å². The number of amides is 3. The molecule has 3 amide bonds. The molecule has 1 fully saturated rings. The minimum Gasteiger partial charge on any atom is -0.491 e. The van der Waals surface area contributed by atoms with Crippen molar-refractivity contribution in [3.63, 3.8) is 0 Å². The number of pyridine rings is 1. The van der Waals surface area contributed by atoms with Gasteiger partial charge in [-0.25, -0.2) is 9.59 Å². The molecule has 0 radical (unpaired) electrons. The highest BCUT2D eigenvalue weighted by Crippen LogP contribution is 2.29. The van der Waals surface area contributed by atoms with Crippen molar-refractivity contribution < 1.29 is 37.4 Å². The summed E-state index contributed by atoms with van der Waals surface area (Å²) >= 11 is 0. The largest absolute Gasteiger partial charge is 0.491 e. The maximum absolute atomic E-state index is 13.6. The van der Waals surface area contributed by atoms with E-state index in [1.807, 2.05) is 61.5 Å². The van der Waals surface area contributed by atoms with Gasteiger partial charge in [0.2, 0.25) is 0 Å². The van der Waals surface area contributed by atoms with E-state index in [4.69, 9.17) is 23.0 Å². The van der Waals surface area contributed by atoms with Crippen molar-refractivity contribution in [1.29, 1.82) is 0 Å². The number of unbranched alkanes of at least 4 members (excludes halogenated alkanes) is 1. The van der Waals surface area contributed by atoms with Gasteiger partial charge < -0.3 is 43.1 Å². The fourth-order valence-corrected chi connectivity index (χ4v) is 7.59. The average Bonchev–Trinajstić information content (AvgIpc) is 3.31. The first-order valence-electron chi connectivity index (χ1n) is 21.4. The lowest BCUT2D eigenvalue weighted by Crippen LogP contribution is -2.51. The van der Waals surface area contributed by atoms with Crippen LogP contribution in [0.4, 0.5) is 5.69 Å². The highest BCUT2D eigenvalue weighted by Gasteiger charge is 2.28. The van der Waals surface area contributed by atoms with Crippen LogP contribution in [0.15, 0.2) is 110 Å². The van der Waals surface area contributed by atoms with E-state index in [1.54, 1.807) is 46.2 Å². The molecule has 1 aliphatic heterocycles. The van der Waals surface area contributed by atoms with Gasteiger partial charge in [0.05, 0.1) is 37.6 Å². The molecule has 330 valence electrons. The Balaban J connectivity index is 0.827. The molecule has 1 N–H and O–H groups in total. The molecule has 15 heteroatoms. The Labute approximate surface area is 368 Å². The molecule has 7 aromatic rings. The standard InChI is InChI=1S/C49H49N5O10/c1-4-5-18-60-19-20-61-21-22-62-39-12-13-40-32(25-39)6-7-33-26-42(49(59)64-44(33)40)47(57)54-16-14-53(15-17-54)46(56)34-8-10-37(50-29-34)30-51-45(55)41-27-36-23-31-9-11-38(52(2)3)24-35(31)28-43(36)63-48(41)58/h6-13,23-29H,4-5,14-22,30H2,1-3H3,(H,51,55). The number of nitrogens with one attached hydrogen (secondary N) is 1. The van der Waals surface area contributed by atoms with E-state index in [9.17, 15) is 24.0 Å². The summed E-state index contributed by atoms with van der Waals surface area (Å²) in [5.41, 5.74) is 0.873. The summed E-state index contributed by atoms with van der Waals surface area (Å²) in [5.74, 6) is -0.695. The molecule has 64 heavy (non-hydrogen) atoms. The molecule has 0 aliphatic carbocycles. The van der Waals surface area contributed by atoms with Gasteiger partial charge in [-0.3, -0.25) is 19.4 Å². The van der Waals surface area contributed by atoms with Crippen LogP contribution in [0.25, 0.3) is 43.5 Å². The Morgan fingerprint density at radius 2 is 1.39 bits per heavy atom. The van der Waals surface area contributed by atoms with Gasteiger partial charge in [-0.1, -0.05) is 31.5 Å². The first-order valence-corrected chi connectivity index (χ1v) is 21.4. The van der Waals surface area contributed by atoms with Gasteiger partial charge in [0, 0.05) is 74.9 Å². The van der Waals surface area contributed by atoms with E-state index < -0.39 is 23.1 Å². The molecule has 1 aliphatic rings. The van der Waals surface area contributed by atoms with Crippen molar-refractivity contribution in [2.45, 2.75) is 26.3 Å². The number of aromatic nitrogens is 1. The molecule has 4 heterocycles. The third-order valence-corrected chi connectivity index (χ3v) is 11.2. The van der Waals surface area contributed by atoms with E-state index in [0.717, 1.165) is 41.3 Å². The zero-order chi connectivity index (χ0) is 44.7. The Morgan fingerprint density at radius 3 is 2.14 bits per heavy atom. The second-order valence-corrected chi connectivity index (χ2v) is 15.8. The third kappa shape index (κ3) is 9.75. The Bertz CT molecular complexity index is 2970. The summed E-state index contributed by atoms with van der Waals surface area (Å²) in [6.45, 7) is 5.66. The number of carbonyl (C=O) groups is 3. The minimum atomic E-state index is -0.753. The highest BCUT2D eigenvalue weighted by atomic mass is 16.5. The Morgan fingerprint density at radius 1 is 0.688 bits per heavy atom. The molecule has 4 aromatic carbocycles. The number of anilines is 1. The smallest absolute Gasteiger partial charge is 0.349 e. The number of fused-ring (bicyclic) bond motifs is 5. The number of carbonyl (C=O) groups excluding carboxylic acids is 3. The molecule has 0 atom stereocenters. The normalized spacial score (nSPS) is 12.9. The SMILES string of the molecule is CCCCOCCOCCOc1ccc2c(ccc3cc(C(=O)N4CCN(C(=O)c5ccc(CNC(=O)c6cc7cc8ccc(N(C)C)cc8cc7oc6=O)nc5)CC4)c(=O)oc32)c1. The van der Waals surface area contributed by atoms with Crippen LogP contribution in [0.2, 0.25) is 0 Å². The van der Waals surface area contributed by atoms with Crippen molar-refractivity contribution >= 4 is 66.9 Å². The summed E-state index contributed by atoms with van der Waals surface area (Å²) in [7, 11) is 3.90. The monoisotopic (exact) mass is 867 g/mol. The summed E-state index contributed by atoms with van der Waals surface area (Å²) in [6, 6.07) is 25.2. The average molecular weight is 868 g/mol. The second-order valence-electron chi connectivity index (χ2n) is 15.8. The fourth-order valence-electron chi connectivity index (χ4n) is 7.59. The number of hydrogen-bond acceptors (Lipinski definition) is 12. The maximum atomic E-state index is 13.6. The fraction of sp³-hybridized carbons (Fsp3) is 0.306. The predicted molar refractivity (Wildman–Crippen MR) is 244 cm³/mol. The van der Waals surface area contributed by atoms with Gasteiger partial charge in [-0.2, -0.15) is 0 Å². The summed E-state index contributed by atoms with van der Waals surface area (Å²) in [6.07, 6.45) is 3.56. The molecular formula is C49H49N5O10. The van der Waals surface area contributed by atoms with Gasteiger partial charge in [-0.15, -0.1) is 0 Å². The number of benzene rings is 4. The van der Waals surface area contributed by atoms with Crippen LogP contribution in [0.1, 0.15) is 56.5 Å².